The van der Waals surface area contributed by atoms with Crippen molar-refractivity contribution >= 4 is 11.6 Å². The topological polar surface area (TPSA) is 66.8 Å². The molecule has 0 aliphatic carbocycles. The zero-order valence-corrected chi connectivity index (χ0v) is 14.5. The molecule has 0 bridgehead atoms. The van der Waals surface area contributed by atoms with Crippen molar-refractivity contribution in [1.82, 2.24) is 4.90 Å². The molecule has 0 unspecified atom stereocenters. The van der Waals surface area contributed by atoms with Crippen LogP contribution >= 0.6 is 0 Å². The van der Waals surface area contributed by atoms with Crippen LogP contribution < -0.4 is 4.74 Å². The van der Waals surface area contributed by atoms with Crippen LogP contribution in [0.5, 0.6) is 5.75 Å². The highest BCUT2D eigenvalue weighted by Crippen LogP contribution is 2.23. The average Bonchev–Trinajstić information content (AvgIpc) is 2.79. The second kappa shape index (κ2) is 7.76. The molecule has 3 rings (SSSR count). The Hall–Kier alpha value is -2.57. The van der Waals surface area contributed by atoms with Gasteiger partial charge in [-0.25, -0.2) is 4.39 Å². The van der Waals surface area contributed by atoms with Gasteiger partial charge in [0.05, 0.1) is 13.7 Å². The Labute approximate surface area is 151 Å². The fraction of sp³-hybridized carbons (Fsp3) is 0.300. The van der Waals surface area contributed by atoms with E-state index in [1.807, 2.05) is 4.90 Å². The second-order valence-corrected chi connectivity index (χ2v) is 6.38. The quantitative estimate of drug-likeness (QED) is 0.831. The van der Waals surface area contributed by atoms with E-state index in [-0.39, 0.29) is 36.9 Å². The van der Waals surface area contributed by atoms with Crippen molar-refractivity contribution in [3.05, 3.63) is 64.5 Å². The highest BCUT2D eigenvalue weighted by atomic mass is 19.1. The number of aliphatic hydroxyl groups is 1. The molecule has 1 aliphatic heterocycles. The third-order valence-electron chi connectivity index (χ3n) is 4.51. The van der Waals surface area contributed by atoms with Gasteiger partial charge in [0.1, 0.15) is 18.2 Å². The number of hydrogen-bond donors (Lipinski definition) is 1. The lowest BCUT2D eigenvalue weighted by Crippen LogP contribution is -2.27. The normalized spacial score (nSPS) is 14.7. The molecule has 0 atom stereocenters. The Morgan fingerprint density at radius 1 is 1.19 bits per heavy atom. The molecular weight excluding hydrogens is 337 g/mol. The summed E-state index contributed by atoms with van der Waals surface area (Å²) < 4.78 is 19.2. The van der Waals surface area contributed by atoms with Crippen molar-refractivity contribution in [2.75, 3.05) is 20.3 Å². The zero-order chi connectivity index (χ0) is 18.7. The average molecular weight is 357 g/mol. The molecule has 136 valence electrons. The third-order valence-corrected chi connectivity index (χ3v) is 4.51. The van der Waals surface area contributed by atoms with Crippen molar-refractivity contribution < 1.29 is 23.8 Å². The van der Waals surface area contributed by atoms with Crippen LogP contribution in [-0.2, 0) is 24.3 Å². The smallest absolute Gasteiger partial charge is 0.188 e. The number of methoxy groups -OCH3 is 1. The van der Waals surface area contributed by atoms with Gasteiger partial charge in [0.2, 0.25) is 0 Å². The van der Waals surface area contributed by atoms with Crippen LogP contribution in [0.2, 0.25) is 0 Å². The fourth-order valence-electron chi connectivity index (χ4n) is 3.16. The van der Waals surface area contributed by atoms with E-state index < -0.39 is 6.61 Å². The van der Waals surface area contributed by atoms with Crippen LogP contribution in [0, 0.1) is 5.82 Å². The Morgan fingerprint density at radius 3 is 2.69 bits per heavy atom. The second-order valence-electron chi connectivity index (χ2n) is 6.38. The van der Waals surface area contributed by atoms with E-state index in [9.17, 15) is 14.0 Å². The number of Topliss-reactive ketones (excluding diaryl/α,β-unsaturated/α-hetero) is 2. The summed E-state index contributed by atoms with van der Waals surface area (Å²) in [6, 6.07) is 9.75. The van der Waals surface area contributed by atoms with E-state index in [0.29, 0.717) is 23.4 Å². The van der Waals surface area contributed by atoms with Crippen molar-refractivity contribution in [3.63, 3.8) is 0 Å². The molecule has 2 aromatic rings. The summed E-state index contributed by atoms with van der Waals surface area (Å²) in [5.41, 5.74) is 2.60. The van der Waals surface area contributed by atoms with E-state index in [0.717, 1.165) is 11.1 Å². The van der Waals surface area contributed by atoms with Gasteiger partial charge in [0.25, 0.3) is 0 Å². The standard InChI is InChI=1S/C20H20FNO4/c1-26-18-5-4-15(19(21)8-18)9-22-10-16-6-14(20(25)12-23)3-2-13(16)7-17(24)11-22/h2-6,8,23H,7,9-12H2,1H3. The molecule has 0 amide bonds. The van der Waals surface area contributed by atoms with E-state index in [2.05, 4.69) is 0 Å². The molecule has 0 saturated heterocycles. The Morgan fingerprint density at radius 2 is 2.00 bits per heavy atom. The molecule has 0 fully saturated rings. The number of nitrogens with zero attached hydrogens (tertiary/aromatic N) is 1. The number of carbonyl (C=O) groups excluding carboxylic acids is 2. The minimum atomic E-state index is -0.557. The molecule has 0 aromatic heterocycles. The van der Waals surface area contributed by atoms with E-state index in [1.165, 1.54) is 13.2 Å². The Bertz CT molecular complexity index is 850. The zero-order valence-electron chi connectivity index (χ0n) is 14.5. The number of halogens is 1. The highest BCUT2D eigenvalue weighted by Gasteiger charge is 2.22. The molecule has 1 N–H and O–H groups in total. The number of ketones is 2. The lowest BCUT2D eigenvalue weighted by Gasteiger charge is -2.20. The van der Waals surface area contributed by atoms with Crippen LogP contribution in [0.25, 0.3) is 0 Å². The highest BCUT2D eigenvalue weighted by molar-refractivity contribution is 5.97. The summed E-state index contributed by atoms with van der Waals surface area (Å²) in [4.78, 5) is 25.8. The van der Waals surface area contributed by atoms with Crippen molar-refractivity contribution in [2.45, 2.75) is 19.5 Å². The summed E-state index contributed by atoms with van der Waals surface area (Å²) in [5.74, 6) is -0.267. The van der Waals surface area contributed by atoms with E-state index in [4.69, 9.17) is 9.84 Å². The lowest BCUT2D eigenvalue weighted by molar-refractivity contribution is -0.119. The number of fused-ring (bicyclic) bond motifs is 1. The molecule has 0 spiro atoms. The van der Waals surface area contributed by atoms with Crippen LogP contribution in [0.3, 0.4) is 0 Å². The van der Waals surface area contributed by atoms with E-state index in [1.54, 1.807) is 30.3 Å². The minimum absolute atomic E-state index is 0.0407. The monoisotopic (exact) mass is 357 g/mol. The first-order chi connectivity index (χ1) is 12.5. The molecule has 0 saturated carbocycles. The molecule has 5 nitrogen and oxygen atoms in total. The van der Waals surface area contributed by atoms with Crippen LogP contribution in [0.15, 0.2) is 36.4 Å². The number of hydrogen-bond acceptors (Lipinski definition) is 5. The number of carbonyl (C=O) groups is 2. The maximum atomic E-state index is 14.2. The Kier molecular flexibility index (Phi) is 5.44. The molecule has 1 aliphatic rings. The first kappa shape index (κ1) is 18.2. The first-order valence-corrected chi connectivity index (χ1v) is 8.32. The summed E-state index contributed by atoms with van der Waals surface area (Å²) in [5, 5.41) is 9.04. The minimum Gasteiger partial charge on any atom is -0.497 e. The fourth-order valence-corrected chi connectivity index (χ4v) is 3.16. The largest absolute Gasteiger partial charge is 0.497 e. The summed E-state index contributed by atoms with van der Waals surface area (Å²) >= 11 is 0. The third kappa shape index (κ3) is 3.98. The number of rotatable bonds is 5. The van der Waals surface area contributed by atoms with Gasteiger partial charge in [-0.2, -0.15) is 0 Å². The summed E-state index contributed by atoms with van der Waals surface area (Å²) in [7, 11) is 1.48. The lowest BCUT2D eigenvalue weighted by atomic mass is 9.99. The Balaban J connectivity index is 1.86. The maximum absolute atomic E-state index is 14.2. The van der Waals surface area contributed by atoms with Gasteiger partial charge < -0.3 is 9.84 Å². The van der Waals surface area contributed by atoms with Gasteiger partial charge in [0, 0.05) is 36.7 Å². The van der Waals surface area contributed by atoms with Crippen molar-refractivity contribution in [2.24, 2.45) is 0 Å². The predicted molar refractivity (Wildman–Crippen MR) is 93.6 cm³/mol. The van der Waals surface area contributed by atoms with E-state index >= 15 is 0 Å². The SMILES string of the molecule is COc1ccc(CN2CC(=O)Cc3ccc(C(=O)CO)cc3C2)c(F)c1. The van der Waals surface area contributed by atoms with Gasteiger partial charge in [-0.1, -0.05) is 18.2 Å². The summed E-state index contributed by atoms with van der Waals surface area (Å²) in [6.45, 7) is 0.361. The van der Waals surface area contributed by atoms with Crippen LogP contribution in [0.1, 0.15) is 27.0 Å². The molecule has 26 heavy (non-hydrogen) atoms. The molecule has 1 heterocycles. The predicted octanol–water partition coefficient (Wildman–Crippen LogP) is 2.14. The molecule has 2 aromatic carbocycles. The summed E-state index contributed by atoms with van der Waals surface area (Å²) in [6.07, 6.45) is 0.282. The molecular formula is C20H20FNO4. The van der Waals surface area contributed by atoms with Gasteiger partial charge in [-0.05, 0) is 23.3 Å². The molecule has 6 heteroatoms. The van der Waals surface area contributed by atoms with Crippen molar-refractivity contribution in [3.8, 4) is 5.75 Å². The van der Waals surface area contributed by atoms with Gasteiger partial charge >= 0.3 is 0 Å². The molecule has 0 radical (unpaired) electrons. The van der Waals surface area contributed by atoms with Gasteiger partial charge in [-0.15, -0.1) is 0 Å². The maximum Gasteiger partial charge on any atom is 0.188 e. The number of ether oxygens (including phenoxy) is 1. The first-order valence-electron chi connectivity index (χ1n) is 8.32. The number of benzene rings is 2. The van der Waals surface area contributed by atoms with Crippen LogP contribution in [0.4, 0.5) is 4.39 Å². The van der Waals surface area contributed by atoms with Crippen molar-refractivity contribution in [1.29, 1.82) is 0 Å². The van der Waals surface area contributed by atoms with Gasteiger partial charge in [-0.3, -0.25) is 14.5 Å². The van der Waals surface area contributed by atoms with Gasteiger partial charge in [0.15, 0.2) is 11.6 Å². The number of aliphatic hydroxyl groups excluding tert-OH is 1. The van der Waals surface area contributed by atoms with Crippen LogP contribution in [-0.4, -0.2) is 41.8 Å².